The van der Waals surface area contributed by atoms with E-state index in [1.165, 1.54) is 17.8 Å². The third-order valence-corrected chi connectivity index (χ3v) is 5.98. The second kappa shape index (κ2) is 8.45. The van der Waals surface area contributed by atoms with Crippen LogP contribution in [0.1, 0.15) is 48.0 Å². The lowest BCUT2D eigenvalue weighted by atomic mass is 9.86. The number of hydrogen-bond acceptors (Lipinski definition) is 5. The van der Waals surface area contributed by atoms with Gasteiger partial charge in [0.25, 0.3) is 5.91 Å². The van der Waals surface area contributed by atoms with Gasteiger partial charge in [-0.05, 0) is 25.7 Å². The van der Waals surface area contributed by atoms with Crippen LogP contribution in [0.25, 0.3) is 10.6 Å². The fraction of sp³-hybridized carbons (Fsp3) is 0.450. The maximum atomic E-state index is 12.3. The third kappa shape index (κ3) is 4.49. The second-order valence-corrected chi connectivity index (χ2v) is 7.81. The van der Waals surface area contributed by atoms with E-state index >= 15 is 0 Å². The van der Waals surface area contributed by atoms with Crippen LogP contribution in [0.15, 0.2) is 30.3 Å². The van der Waals surface area contributed by atoms with Crippen LogP contribution >= 0.6 is 11.3 Å². The molecule has 0 radical (unpaired) electrons. The molecule has 0 aliphatic heterocycles. The first-order valence-electron chi connectivity index (χ1n) is 9.04. The van der Waals surface area contributed by atoms with Crippen LogP contribution in [0.4, 0.5) is 0 Å². The molecule has 1 N–H and O–H groups in total. The molecule has 2 aromatic rings. The van der Waals surface area contributed by atoms with E-state index in [-0.39, 0.29) is 18.6 Å². The van der Waals surface area contributed by atoms with Gasteiger partial charge in [-0.15, -0.1) is 11.3 Å². The summed E-state index contributed by atoms with van der Waals surface area (Å²) in [5.74, 6) is -0.253. The molecule has 1 aromatic carbocycles. The van der Waals surface area contributed by atoms with Gasteiger partial charge in [0.1, 0.15) is 9.88 Å². The second-order valence-electron chi connectivity index (χ2n) is 6.81. The van der Waals surface area contributed by atoms with Crippen molar-refractivity contribution in [1.82, 2.24) is 10.3 Å². The summed E-state index contributed by atoms with van der Waals surface area (Å²) in [5, 5.41) is 3.77. The van der Waals surface area contributed by atoms with Crippen LogP contribution in [0.5, 0.6) is 0 Å². The average Bonchev–Trinajstić information content (AvgIpc) is 3.04. The predicted molar refractivity (Wildman–Crippen MR) is 102 cm³/mol. The van der Waals surface area contributed by atoms with Gasteiger partial charge >= 0.3 is 5.97 Å². The van der Waals surface area contributed by atoms with Gasteiger partial charge in [0.15, 0.2) is 6.61 Å². The quantitative estimate of drug-likeness (QED) is 0.807. The minimum Gasteiger partial charge on any atom is -0.451 e. The lowest BCUT2D eigenvalue weighted by molar-refractivity contribution is -0.125. The summed E-state index contributed by atoms with van der Waals surface area (Å²) >= 11 is 1.29. The molecule has 1 aliphatic rings. The fourth-order valence-electron chi connectivity index (χ4n) is 3.27. The zero-order chi connectivity index (χ0) is 18.5. The standard InChI is InChI=1S/C20H24N2O3S/c1-13-8-6-7-11-16(13)22-17(23)12-25-20(24)18-14(2)21-19(26-18)15-9-4-3-5-10-15/h3-5,9-10,13,16H,6-8,11-12H2,1-2H3,(H,22,23)/t13-,16+/m0/s1. The summed E-state index contributed by atoms with van der Waals surface area (Å²) in [4.78, 5) is 29.3. The van der Waals surface area contributed by atoms with Crippen molar-refractivity contribution in [1.29, 1.82) is 0 Å². The summed E-state index contributed by atoms with van der Waals surface area (Å²) in [7, 11) is 0. The molecule has 0 bridgehead atoms. The number of hydrogen-bond donors (Lipinski definition) is 1. The fourth-order valence-corrected chi connectivity index (χ4v) is 4.23. The first-order valence-corrected chi connectivity index (χ1v) is 9.85. The first-order chi connectivity index (χ1) is 12.5. The van der Waals surface area contributed by atoms with E-state index < -0.39 is 5.97 Å². The van der Waals surface area contributed by atoms with Crippen LogP contribution in [-0.2, 0) is 9.53 Å². The summed E-state index contributed by atoms with van der Waals surface area (Å²) in [6.07, 6.45) is 4.48. The SMILES string of the molecule is Cc1nc(-c2ccccc2)sc1C(=O)OCC(=O)N[C@@H]1CCCC[C@@H]1C. The van der Waals surface area contributed by atoms with Gasteiger partial charge in [0, 0.05) is 11.6 Å². The van der Waals surface area contributed by atoms with Crippen molar-refractivity contribution >= 4 is 23.2 Å². The maximum absolute atomic E-state index is 12.3. The number of ether oxygens (including phenoxy) is 1. The molecule has 1 aliphatic carbocycles. The number of aromatic nitrogens is 1. The monoisotopic (exact) mass is 372 g/mol. The molecule has 138 valence electrons. The van der Waals surface area contributed by atoms with E-state index in [2.05, 4.69) is 17.2 Å². The van der Waals surface area contributed by atoms with Crippen molar-refractivity contribution in [2.24, 2.45) is 5.92 Å². The molecule has 1 aromatic heterocycles. The zero-order valence-electron chi connectivity index (χ0n) is 15.2. The number of thiazole rings is 1. The van der Waals surface area contributed by atoms with E-state index in [1.807, 2.05) is 30.3 Å². The first kappa shape index (κ1) is 18.6. The van der Waals surface area contributed by atoms with Crippen LogP contribution < -0.4 is 5.32 Å². The number of rotatable bonds is 5. The van der Waals surface area contributed by atoms with Gasteiger partial charge in [-0.25, -0.2) is 9.78 Å². The highest BCUT2D eigenvalue weighted by Gasteiger charge is 2.24. The Bertz CT molecular complexity index is 773. The van der Waals surface area contributed by atoms with Gasteiger partial charge in [0.05, 0.1) is 5.69 Å². The predicted octanol–water partition coefficient (Wildman–Crippen LogP) is 3.97. The molecule has 1 fully saturated rings. The largest absolute Gasteiger partial charge is 0.451 e. The molecule has 0 saturated heterocycles. The minimum atomic E-state index is -0.492. The third-order valence-electron chi connectivity index (χ3n) is 4.79. The number of aryl methyl sites for hydroxylation is 1. The van der Waals surface area contributed by atoms with Crippen molar-refractivity contribution in [3.8, 4) is 10.6 Å². The van der Waals surface area contributed by atoms with Gasteiger partial charge in [-0.3, -0.25) is 4.79 Å². The number of carbonyl (C=O) groups is 2. The number of nitrogens with zero attached hydrogens (tertiary/aromatic N) is 1. The Balaban J connectivity index is 1.56. The minimum absolute atomic E-state index is 0.185. The normalized spacial score (nSPS) is 19.8. The van der Waals surface area contributed by atoms with E-state index in [0.717, 1.165) is 29.8 Å². The van der Waals surface area contributed by atoms with Crippen LogP contribution in [0, 0.1) is 12.8 Å². The Kier molecular flexibility index (Phi) is 6.04. The molecule has 2 atom stereocenters. The summed E-state index contributed by atoms with van der Waals surface area (Å²) in [6, 6.07) is 9.88. The lowest BCUT2D eigenvalue weighted by Crippen LogP contribution is -2.42. The molecule has 5 nitrogen and oxygen atoms in total. The Morgan fingerprint density at radius 3 is 2.69 bits per heavy atom. The number of carbonyl (C=O) groups excluding carboxylic acids is 2. The molecule has 1 saturated carbocycles. The van der Waals surface area contributed by atoms with Crippen LogP contribution in [0.2, 0.25) is 0 Å². The Morgan fingerprint density at radius 1 is 1.23 bits per heavy atom. The summed E-state index contributed by atoms with van der Waals surface area (Å²) in [5.41, 5.74) is 1.59. The Morgan fingerprint density at radius 2 is 1.96 bits per heavy atom. The topological polar surface area (TPSA) is 68.3 Å². The Hall–Kier alpha value is -2.21. The lowest BCUT2D eigenvalue weighted by Gasteiger charge is -2.29. The smallest absolute Gasteiger partial charge is 0.350 e. The van der Waals surface area contributed by atoms with Crippen molar-refractivity contribution in [2.75, 3.05) is 6.61 Å². The molecule has 6 heteroatoms. The molecule has 3 rings (SSSR count). The highest BCUT2D eigenvalue weighted by atomic mass is 32.1. The molecule has 0 unspecified atom stereocenters. The molecule has 0 spiro atoms. The van der Waals surface area contributed by atoms with Crippen LogP contribution in [-0.4, -0.2) is 29.5 Å². The zero-order valence-corrected chi connectivity index (χ0v) is 16.0. The average molecular weight is 372 g/mol. The summed E-state index contributed by atoms with van der Waals surface area (Å²) in [6.45, 7) is 3.69. The molecular weight excluding hydrogens is 348 g/mol. The van der Waals surface area contributed by atoms with Crippen molar-refractivity contribution in [3.63, 3.8) is 0 Å². The van der Waals surface area contributed by atoms with Crippen LogP contribution in [0.3, 0.4) is 0 Å². The maximum Gasteiger partial charge on any atom is 0.350 e. The number of nitrogens with one attached hydrogen (secondary N) is 1. The van der Waals surface area contributed by atoms with E-state index in [9.17, 15) is 9.59 Å². The van der Waals surface area contributed by atoms with Gasteiger partial charge in [-0.1, -0.05) is 50.1 Å². The van der Waals surface area contributed by atoms with Crippen molar-refractivity contribution in [3.05, 3.63) is 40.9 Å². The van der Waals surface area contributed by atoms with Crippen molar-refractivity contribution < 1.29 is 14.3 Å². The van der Waals surface area contributed by atoms with Gasteiger partial charge in [0.2, 0.25) is 0 Å². The van der Waals surface area contributed by atoms with Gasteiger partial charge < -0.3 is 10.1 Å². The molecular formula is C20H24N2O3S. The number of benzene rings is 1. The highest BCUT2D eigenvalue weighted by molar-refractivity contribution is 7.17. The molecule has 1 heterocycles. The number of esters is 1. The van der Waals surface area contributed by atoms with E-state index in [4.69, 9.17) is 4.74 Å². The number of amides is 1. The molecule has 26 heavy (non-hydrogen) atoms. The van der Waals surface area contributed by atoms with E-state index in [1.54, 1.807) is 6.92 Å². The summed E-state index contributed by atoms with van der Waals surface area (Å²) < 4.78 is 5.22. The highest BCUT2D eigenvalue weighted by Crippen LogP contribution is 2.28. The van der Waals surface area contributed by atoms with E-state index in [0.29, 0.717) is 16.5 Å². The van der Waals surface area contributed by atoms with Gasteiger partial charge in [-0.2, -0.15) is 0 Å². The Labute approximate surface area is 157 Å². The van der Waals surface area contributed by atoms with Crippen molar-refractivity contribution in [2.45, 2.75) is 45.6 Å². The molecule has 1 amide bonds.